The third-order valence-electron chi connectivity index (χ3n) is 3.43. The highest BCUT2D eigenvalue weighted by molar-refractivity contribution is 7.13. The maximum atomic E-state index is 11.4. The molecule has 1 amide bonds. The lowest BCUT2D eigenvalue weighted by atomic mass is 10.1. The molecule has 22 heavy (non-hydrogen) atoms. The number of amides is 1. The van der Waals surface area contributed by atoms with Gasteiger partial charge in [0.25, 0.3) is 5.91 Å². The van der Waals surface area contributed by atoms with Crippen molar-refractivity contribution in [3.63, 3.8) is 0 Å². The van der Waals surface area contributed by atoms with E-state index in [1.54, 1.807) is 11.3 Å². The number of aromatic nitrogens is 1. The van der Waals surface area contributed by atoms with Crippen LogP contribution in [-0.2, 0) is 4.79 Å². The van der Waals surface area contributed by atoms with Crippen molar-refractivity contribution in [1.29, 1.82) is 0 Å². The standard InChI is InChI=1S/C17H12N2O2S/c20-16-9-21-15-7-6-12(8-13(15)18-16)14-10-22-17(19-14)11-4-2-1-3-5-11/h1-8,10H,9H2,(H,18,20). The van der Waals surface area contributed by atoms with E-state index in [9.17, 15) is 4.79 Å². The Morgan fingerprint density at radius 1 is 1.09 bits per heavy atom. The number of nitrogens with one attached hydrogen (secondary N) is 1. The summed E-state index contributed by atoms with van der Waals surface area (Å²) in [7, 11) is 0. The van der Waals surface area contributed by atoms with Crippen molar-refractivity contribution in [3.8, 4) is 27.6 Å². The van der Waals surface area contributed by atoms with E-state index < -0.39 is 0 Å². The zero-order chi connectivity index (χ0) is 14.9. The summed E-state index contributed by atoms with van der Waals surface area (Å²) in [5.74, 6) is 0.565. The smallest absolute Gasteiger partial charge is 0.262 e. The fourth-order valence-corrected chi connectivity index (χ4v) is 3.20. The van der Waals surface area contributed by atoms with Gasteiger partial charge in [0, 0.05) is 16.5 Å². The highest BCUT2D eigenvalue weighted by atomic mass is 32.1. The molecule has 4 rings (SSSR count). The first-order valence-electron chi connectivity index (χ1n) is 6.87. The van der Waals surface area contributed by atoms with Crippen LogP contribution in [0, 0.1) is 0 Å². The monoisotopic (exact) mass is 308 g/mol. The van der Waals surface area contributed by atoms with Crippen molar-refractivity contribution in [2.24, 2.45) is 0 Å². The number of hydrogen-bond donors (Lipinski definition) is 1. The van der Waals surface area contributed by atoms with Crippen LogP contribution in [0.25, 0.3) is 21.8 Å². The van der Waals surface area contributed by atoms with Crippen LogP contribution in [0.1, 0.15) is 0 Å². The van der Waals surface area contributed by atoms with Gasteiger partial charge in [-0.2, -0.15) is 0 Å². The molecular formula is C17H12N2O2S. The molecule has 1 aliphatic rings. The predicted molar refractivity (Wildman–Crippen MR) is 87.1 cm³/mol. The third-order valence-corrected chi connectivity index (χ3v) is 4.32. The quantitative estimate of drug-likeness (QED) is 0.783. The first-order chi connectivity index (χ1) is 10.8. The van der Waals surface area contributed by atoms with Crippen LogP contribution in [0.2, 0.25) is 0 Å². The van der Waals surface area contributed by atoms with Gasteiger partial charge in [0.05, 0.1) is 11.4 Å². The second kappa shape index (κ2) is 5.27. The Balaban J connectivity index is 1.70. The number of nitrogens with zero attached hydrogens (tertiary/aromatic N) is 1. The van der Waals surface area contributed by atoms with Gasteiger partial charge in [-0.1, -0.05) is 30.3 Å². The van der Waals surface area contributed by atoms with E-state index >= 15 is 0 Å². The van der Waals surface area contributed by atoms with Crippen molar-refractivity contribution >= 4 is 22.9 Å². The van der Waals surface area contributed by atoms with Crippen molar-refractivity contribution in [1.82, 2.24) is 4.98 Å². The largest absolute Gasteiger partial charge is 0.482 e. The number of carbonyl (C=O) groups is 1. The van der Waals surface area contributed by atoms with Gasteiger partial charge in [0.15, 0.2) is 6.61 Å². The topological polar surface area (TPSA) is 51.2 Å². The Kier molecular flexibility index (Phi) is 3.12. The number of hydrogen-bond acceptors (Lipinski definition) is 4. The zero-order valence-electron chi connectivity index (χ0n) is 11.6. The molecule has 108 valence electrons. The molecule has 0 saturated heterocycles. The van der Waals surface area contributed by atoms with Gasteiger partial charge >= 0.3 is 0 Å². The van der Waals surface area contributed by atoms with E-state index in [1.807, 2.05) is 53.9 Å². The predicted octanol–water partition coefficient (Wildman–Crippen LogP) is 3.81. The Labute approximate surface area is 131 Å². The second-order valence-electron chi connectivity index (χ2n) is 4.95. The van der Waals surface area contributed by atoms with E-state index in [-0.39, 0.29) is 12.5 Å². The second-order valence-corrected chi connectivity index (χ2v) is 5.81. The van der Waals surface area contributed by atoms with Crippen LogP contribution in [0.4, 0.5) is 5.69 Å². The number of carbonyl (C=O) groups excluding carboxylic acids is 1. The van der Waals surface area contributed by atoms with Crippen molar-refractivity contribution in [3.05, 3.63) is 53.9 Å². The summed E-state index contributed by atoms with van der Waals surface area (Å²) < 4.78 is 5.37. The average Bonchev–Trinajstić information content (AvgIpc) is 3.05. The summed E-state index contributed by atoms with van der Waals surface area (Å²) in [4.78, 5) is 16.1. The molecule has 1 aliphatic heterocycles. The van der Waals surface area contributed by atoms with E-state index in [0.29, 0.717) is 11.4 Å². The van der Waals surface area contributed by atoms with Gasteiger partial charge in [0.2, 0.25) is 0 Å². The number of ether oxygens (including phenoxy) is 1. The van der Waals surface area contributed by atoms with Crippen LogP contribution in [0.5, 0.6) is 5.75 Å². The lowest BCUT2D eigenvalue weighted by Crippen LogP contribution is -2.25. The van der Waals surface area contributed by atoms with Gasteiger partial charge < -0.3 is 10.1 Å². The van der Waals surface area contributed by atoms with Gasteiger partial charge in [0.1, 0.15) is 10.8 Å². The van der Waals surface area contributed by atoms with Crippen LogP contribution in [0.15, 0.2) is 53.9 Å². The molecule has 1 N–H and O–H groups in total. The van der Waals surface area contributed by atoms with Gasteiger partial charge in [-0.15, -0.1) is 11.3 Å². The maximum Gasteiger partial charge on any atom is 0.262 e. The first kappa shape index (κ1) is 13.0. The normalized spacial score (nSPS) is 13.2. The number of rotatable bonds is 2. The first-order valence-corrected chi connectivity index (χ1v) is 7.75. The minimum Gasteiger partial charge on any atom is -0.482 e. The lowest BCUT2D eigenvalue weighted by Gasteiger charge is -2.18. The molecule has 0 fully saturated rings. The van der Waals surface area contributed by atoms with Crippen LogP contribution < -0.4 is 10.1 Å². The molecule has 0 radical (unpaired) electrons. The molecule has 0 bridgehead atoms. The summed E-state index contributed by atoms with van der Waals surface area (Å²) in [5, 5.41) is 5.82. The Hall–Kier alpha value is -2.66. The summed E-state index contributed by atoms with van der Waals surface area (Å²) in [6, 6.07) is 15.8. The van der Waals surface area contributed by atoms with E-state index in [2.05, 4.69) is 10.3 Å². The van der Waals surface area contributed by atoms with Gasteiger partial charge in [-0.25, -0.2) is 4.98 Å². The molecule has 4 nitrogen and oxygen atoms in total. The number of benzene rings is 2. The number of thiazole rings is 1. The molecule has 3 aromatic rings. The highest BCUT2D eigenvalue weighted by Crippen LogP contribution is 2.34. The SMILES string of the molecule is O=C1COc2ccc(-c3csc(-c4ccccc4)n3)cc2N1. The van der Waals surface area contributed by atoms with E-state index in [4.69, 9.17) is 4.74 Å². The number of anilines is 1. The van der Waals surface area contributed by atoms with Crippen LogP contribution >= 0.6 is 11.3 Å². The van der Waals surface area contributed by atoms with Gasteiger partial charge in [-0.05, 0) is 18.2 Å². The Bertz CT molecular complexity index is 843. The van der Waals surface area contributed by atoms with E-state index in [1.165, 1.54) is 0 Å². The highest BCUT2D eigenvalue weighted by Gasteiger charge is 2.17. The molecule has 0 saturated carbocycles. The number of fused-ring (bicyclic) bond motifs is 1. The van der Waals surface area contributed by atoms with Crippen LogP contribution in [-0.4, -0.2) is 17.5 Å². The summed E-state index contributed by atoms with van der Waals surface area (Å²) in [6.45, 7) is 0.0706. The lowest BCUT2D eigenvalue weighted by molar-refractivity contribution is -0.118. The van der Waals surface area contributed by atoms with Crippen LogP contribution in [0.3, 0.4) is 0 Å². The molecule has 1 aromatic heterocycles. The van der Waals surface area contributed by atoms with Gasteiger partial charge in [-0.3, -0.25) is 4.79 Å². The minimum atomic E-state index is -0.132. The van der Waals surface area contributed by atoms with Crippen molar-refractivity contribution < 1.29 is 9.53 Å². The molecule has 0 spiro atoms. The molecule has 0 aliphatic carbocycles. The molecule has 0 atom stereocenters. The Morgan fingerprint density at radius 2 is 1.95 bits per heavy atom. The zero-order valence-corrected chi connectivity index (χ0v) is 12.4. The summed E-state index contributed by atoms with van der Waals surface area (Å²) in [5.41, 5.74) is 3.66. The fourth-order valence-electron chi connectivity index (χ4n) is 2.36. The molecule has 2 heterocycles. The van der Waals surface area contributed by atoms with Crippen molar-refractivity contribution in [2.75, 3.05) is 11.9 Å². The summed E-state index contributed by atoms with van der Waals surface area (Å²) in [6.07, 6.45) is 0. The fraction of sp³-hybridized carbons (Fsp3) is 0.0588. The molecule has 2 aromatic carbocycles. The minimum absolute atomic E-state index is 0.0706. The summed E-state index contributed by atoms with van der Waals surface area (Å²) >= 11 is 1.61. The third kappa shape index (κ3) is 2.35. The van der Waals surface area contributed by atoms with Crippen molar-refractivity contribution in [2.45, 2.75) is 0 Å². The molecule has 0 unspecified atom stereocenters. The molecule has 5 heteroatoms. The molecular weight excluding hydrogens is 296 g/mol. The Morgan fingerprint density at radius 3 is 2.82 bits per heavy atom. The average molecular weight is 308 g/mol. The van der Waals surface area contributed by atoms with E-state index in [0.717, 1.165) is 21.8 Å². The maximum absolute atomic E-state index is 11.4.